The van der Waals surface area contributed by atoms with Crippen LogP contribution in [0.25, 0.3) is 0 Å². The van der Waals surface area contributed by atoms with Crippen molar-refractivity contribution in [1.29, 1.82) is 0 Å². The van der Waals surface area contributed by atoms with E-state index < -0.39 is 6.09 Å². The number of hydrogen-bond donors (Lipinski definition) is 1. The van der Waals surface area contributed by atoms with E-state index in [9.17, 15) is 14.7 Å². The SMILES string of the molecule is C[C@@H]1CN(C(=O)N2CCc3cc(Cl)cc([C@@H]4CCCN4C(=O)O)c3C2)CCO1. The Bertz CT molecular complexity index is 787. The molecule has 4 rings (SSSR count). The molecule has 0 spiro atoms. The molecule has 3 amide bonds. The lowest BCUT2D eigenvalue weighted by molar-refractivity contribution is -0.00975. The lowest BCUT2D eigenvalue weighted by Crippen LogP contribution is -2.51. The Balaban J connectivity index is 1.60. The summed E-state index contributed by atoms with van der Waals surface area (Å²) in [6.45, 7) is 5.43. The molecule has 2 atom stereocenters. The number of nitrogens with zero attached hydrogens (tertiary/aromatic N) is 3. The molecule has 8 heteroatoms. The van der Waals surface area contributed by atoms with E-state index in [1.165, 1.54) is 4.90 Å². The highest BCUT2D eigenvalue weighted by molar-refractivity contribution is 6.30. The molecule has 0 bridgehead atoms. The molecule has 3 aliphatic rings. The zero-order valence-corrected chi connectivity index (χ0v) is 16.8. The highest BCUT2D eigenvalue weighted by atomic mass is 35.5. The number of carbonyl (C=O) groups excluding carboxylic acids is 1. The molecule has 1 aromatic rings. The Labute approximate surface area is 169 Å². The summed E-state index contributed by atoms with van der Waals surface area (Å²) in [4.78, 5) is 29.9. The second-order valence-corrected chi connectivity index (χ2v) is 8.28. The van der Waals surface area contributed by atoms with Crippen molar-refractivity contribution in [2.24, 2.45) is 0 Å². The third kappa shape index (κ3) is 3.65. The highest BCUT2D eigenvalue weighted by Crippen LogP contribution is 2.38. The second-order valence-electron chi connectivity index (χ2n) is 7.85. The number of benzene rings is 1. The monoisotopic (exact) mass is 407 g/mol. The maximum atomic E-state index is 13.0. The first-order valence-electron chi connectivity index (χ1n) is 9.90. The molecule has 0 radical (unpaired) electrons. The molecule has 0 saturated carbocycles. The summed E-state index contributed by atoms with van der Waals surface area (Å²) in [5, 5.41) is 10.2. The molecule has 1 aromatic carbocycles. The minimum absolute atomic E-state index is 0.0308. The number of halogens is 1. The highest BCUT2D eigenvalue weighted by Gasteiger charge is 2.35. The molecule has 3 heterocycles. The topological polar surface area (TPSA) is 73.3 Å². The number of rotatable bonds is 1. The molecule has 0 aromatic heterocycles. The van der Waals surface area contributed by atoms with Crippen LogP contribution in [0.5, 0.6) is 0 Å². The summed E-state index contributed by atoms with van der Waals surface area (Å²) >= 11 is 6.36. The summed E-state index contributed by atoms with van der Waals surface area (Å²) in [5.41, 5.74) is 3.14. The van der Waals surface area contributed by atoms with Crippen LogP contribution in [0, 0.1) is 0 Å². The number of urea groups is 1. The zero-order chi connectivity index (χ0) is 19.8. The smallest absolute Gasteiger partial charge is 0.407 e. The second kappa shape index (κ2) is 7.79. The lowest BCUT2D eigenvalue weighted by atomic mass is 9.90. The van der Waals surface area contributed by atoms with Crippen molar-refractivity contribution in [3.63, 3.8) is 0 Å². The molecular formula is C20H26ClN3O4. The molecule has 0 unspecified atom stereocenters. The van der Waals surface area contributed by atoms with E-state index in [-0.39, 0.29) is 18.2 Å². The van der Waals surface area contributed by atoms with Crippen molar-refractivity contribution < 1.29 is 19.4 Å². The minimum Gasteiger partial charge on any atom is -0.465 e. The Morgan fingerprint density at radius 1 is 1.21 bits per heavy atom. The van der Waals surface area contributed by atoms with E-state index in [0.29, 0.717) is 44.4 Å². The van der Waals surface area contributed by atoms with Gasteiger partial charge in [0, 0.05) is 37.7 Å². The molecule has 152 valence electrons. The van der Waals surface area contributed by atoms with Gasteiger partial charge in [-0.15, -0.1) is 0 Å². The van der Waals surface area contributed by atoms with Crippen molar-refractivity contribution in [3.8, 4) is 0 Å². The first-order chi connectivity index (χ1) is 13.4. The molecule has 2 saturated heterocycles. The molecule has 1 N–H and O–H groups in total. The van der Waals surface area contributed by atoms with Crippen LogP contribution < -0.4 is 0 Å². The largest absolute Gasteiger partial charge is 0.465 e. The van der Waals surface area contributed by atoms with Crippen LogP contribution in [0.4, 0.5) is 9.59 Å². The molecule has 3 aliphatic heterocycles. The van der Waals surface area contributed by atoms with Crippen molar-refractivity contribution in [2.45, 2.75) is 44.9 Å². The van der Waals surface area contributed by atoms with E-state index in [1.54, 1.807) is 0 Å². The Morgan fingerprint density at radius 3 is 2.79 bits per heavy atom. The fourth-order valence-corrected chi connectivity index (χ4v) is 4.88. The summed E-state index contributed by atoms with van der Waals surface area (Å²) < 4.78 is 5.55. The Kier molecular flexibility index (Phi) is 5.38. The number of ether oxygens (including phenoxy) is 1. The summed E-state index contributed by atoms with van der Waals surface area (Å²) in [5.74, 6) is 0. The fourth-order valence-electron chi connectivity index (χ4n) is 4.63. The third-order valence-corrected chi connectivity index (χ3v) is 6.20. The normalized spacial score (nSPS) is 25.0. The van der Waals surface area contributed by atoms with Crippen LogP contribution >= 0.6 is 11.6 Å². The molecule has 0 aliphatic carbocycles. The first-order valence-corrected chi connectivity index (χ1v) is 10.3. The van der Waals surface area contributed by atoms with Gasteiger partial charge < -0.3 is 24.5 Å². The van der Waals surface area contributed by atoms with Gasteiger partial charge in [-0.05, 0) is 55.0 Å². The predicted molar refractivity (Wildman–Crippen MR) is 105 cm³/mol. The number of likely N-dealkylation sites (tertiary alicyclic amines) is 1. The summed E-state index contributed by atoms with van der Waals surface area (Å²) in [6.07, 6.45) is 1.50. The van der Waals surface area contributed by atoms with Gasteiger partial charge in [-0.1, -0.05) is 11.6 Å². The van der Waals surface area contributed by atoms with Gasteiger partial charge in [0.25, 0.3) is 0 Å². The third-order valence-electron chi connectivity index (χ3n) is 5.98. The van der Waals surface area contributed by atoms with Gasteiger partial charge in [0.05, 0.1) is 18.8 Å². The first kappa shape index (κ1) is 19.3. The van der Waals surface area contributed by atoms with Gasteiger partial charge >= 0.3 is 12.1 Å². The van der Waals surface area contributed by atoms with Crippen molar-refractivity contribution in [1.82, 2.24) is 14.7 Å². The quantitative estimate of drug-likeness (QED) is 0.774. The molecule has 7 nitrogen and oxygen atoms in total. The van der Waals surface area contributed by atoms with E-state index >= 15 is 0 Å². The van der Waals surface area contributed by atoms with Crippen molar-refractivity contribution in [3.05, 3.63) is 33.8 Å². The van der Waals surface area contributed by atoms with Gasteiger partial charge in [0.1, 0.15) is 0 Å². The number of fused-ring (bicyclic) bond motifs is 1. The van der Waals surface area contributed by atoms with Crippen molar-refractivity contribution >= 4 is 23.7 Å². The van der Waals surface area contributed by atoms with Crippen LogP contribution in [0.3, 0.4) is 0 Å². The van der Waals surface area contributed by atoms with E-state index in [2.05, 4.69) is 0 Å². The number of carbonyl (C=O) groups is 2. The zero-order valence-electron chi connectivity index (χ0n) is 16.1. The average molecular weight is 408 g/mol. The Hall–Kier alpha value is -1.99. The van der Waals surface area contributed by atoms with Gasteiger partial charge in [-0.25, -0.2) is 9.59 Å². The van der Waals surface area contributed by atoms with E-state index in [1.807, 2.05) is 28.9 Å². The van der Waals surface area contributed by atoms with Crippen LogP contribution in [0.1, 0.15) is 42.5 Å². The lowest BCUT2D eigenvalue weighted by Gasteiger charge is -2.38. The number of hydrogen-bond acceptors (Lipinski definition) is 3. The van der Waals surface area contributed by atoms with Crippen molar-refractivity contribution in [2.75, 3.05) is 32.8 Å². The predicted octanol–water partition coefficient (Wildman–Crippen LogP) is 3.35. The standard InChI is InChI=1S/C20H26ClN3O4/c1-13-11-23(7-8-28-13)19(25)22-6-4-14-9-15(21)10-16(17(14)12-22)18-3-2-5-24(18)20(26)27/h9-10,13,18H,2-8,11-12H2,1H3,(H,26,27)/t13-,18+/m1/s1. The summed E-state index contributed by atoms with van der Waals surface area (Å²) in [6, 6.07) is 3.68. The van der Waals surface area contributed by atoms with E-state index in [0.717, 1.165) is 36.0 Å². The minimum atomic E-state index is -0.901. The molecule has 28 heavy (non-hydrogen) atoms. The maximum absolute atomic E-state index is 13.0. The number of amides is 3. The van der Waals surface area contributed by atoms with E-state index in [4.69, 9.17) is 16.3 Å². The van der Waals surface area contributed by atoms with Gasteiger partial charge in [0.2, 0.25) is 0 Å². The van der Waals surface area contributed by atoms with Gasteiger partial charge in [0.15, 0.2) is 0 Å². The van der Waals surface area contributed by atoms with Crippen LogP contribution in [0.15, 0.2) is 12.1 Å². The average Bonchev–Trinajstić information content (AvgIpc) is 3.16. The van der Waals surface area contributed by atoms with Gasteiger partial charge in [-0.2, -0.15) is 0 Å². The van der Waals surface area contributed by atoms with Crippen LogP contribution in [-0.2, 0) is 17.7 Å². The molecular weight excluding hydrogens is 382 g/mol. The summed E-state index contributed by atoms with van der Waals surface area (Å²) in [7, 11) is 0. The Morgan fingerprint density at radius 2 is 2.04 bits per heavy atom. The fraction of sp³-hybridized carbons (Fsp3) is 0.600. The van der Waals surface area contributed by atoms with Crippen LogP contribution in [0.2, 0.25) is 5.02 Å². The maximum Gasteiger partial charge on any atom is 0.407 e. The molecule has 2 fully saturated rings. The van der Waals surface area contributed by atoms with Gasteiger partial charge in [-0.3, -0.25) is 0 Å². The number of morpholine rings is 1. The van der Waals surface area contributed by atoms with Crippen LogP contribution in [-0.4, -0.2) is 70.8 Å². The number of carboxylic acid groups (broad SMARTS) is 1.